The summed E-state index contributed by atoms with van der Waals surface area (Å²) in [5.41, 5.74) is 4.44. The topological polar surface area (TPSA) is 95.5 Å². The van der Waals surface area contributed by atoms with Crippen molar-refractivity contribution in [1.82, 2.24) is 0 Å². The van der Waals surface area contributed by atoms with Crippen molar-refractivity contribution in [1.29, 1.82) is 0 Å². The van der Waals surface area contributed by atoms with Gasteiger partial charge in [0.25, 0.3) is 11.8 Å². The zero-order valence-electron chi connectivity index (χ0n) is 21.6. The molecule has 0 unspecified atom stereocenters. The van der Waals surface area contributed by atoms with Crippen LogP contribution in [0.2, 0.25) is 0 Å². The largest absolute Gasteiger partial charge is 0.481 e. The Balaban J connectivity index is 1.58. The van der Waals surface area contributed by atoms with Gasteiger partial charge in [0.15, 0.2) is 0 Å². The van der Waals surface area contributed by atoms with Gasteiger partial charge in [-0.1, -0.05) is 57.2 Å². The molecular weight excluding hydrogens is 496 g/mol. The van der Waals surface area contributed by atoms with Gasteiger partial charge in [-0.2, -0.15) is 0 Å². The van der Waals surface area contributed by atoms with Gasteiger partial charge >= 0.3 is 5.97 Å². The van der Waals surface area contributed by atoms with Crippen LogP contribution < -0.4 is 10.6 Å². The summed E-state index contributed by atoms with van der Waals surface area (Å²) in [5.74, 6) is -1.55. The van der Waals surface area contributed by atoms with Crippen molar-refractivity contribution in [2.24, 2.45) is 0 Å². The van der Waals surface area contributed by atoms with Crippen molar-refractivity contribution in [2.45, 2.75) is 39.0 Å². The number of carboxylic acid groups (broad SMARTS) is 1. The highest BCUT2D eigenvalue weighted by molar-refractivity contribution is 7.13. The van der Waals surface area contributed by atoms with Crippen molar-refractivity contribution in [3.05, 3.63) is 106 Å². The molecule has 3 N–H and O–H groups in total. The zero-order valence-corrected chi connectivity index (χ0v) is 22.4. The third-order valence-corrected chi connectivity index (χ3v) is 7.06. The maximum atomic E-state index is 13.3. The number of hydrogen-bond acceptors (Lipinski definition) is 4. The molecule has 0 bridgehead atoms. The van der Waals surface area contributed by atoms with Crippen LogP contribution in [0.4, 0.5) is 11.4 Å². The van der Waals surface area contributed by atoms with Crippen LogP contribution in [0, 0.1) is 0 Å². The number of rotatable bonds is 8. The van der Waals surface area contributed by atoms with Crippen molar-refractivity contribution in [3.8, 4) is 10.4 Å². The van der Waals surface area contributed by atoms with E-state index in [9.17, 15) is 14.4 Å². The lowest BCUT2D eigenvalue weighted by Crippen LogP contribution is -2.20. The number of benzene rings is 3. The van der Waals surface area contributed by atoms with Crippen LogP contribution >= 0.6 is 11.3 Å². The second-order valence-electron chi connectivity index (χ2n) is 10.1. The first-order valence-corrected chi connectivity index (χ1v) is 13.2. The fraction of sp³-hybridized carbons (Fsp3) is 0.194. The summed E-state index contributed by atoms with van der Waals surface area (Å²) >= 11 is 1.64. The molecule has 0 aliphatic carbocycles. The van der Waals surface area contributed by atoms with Crippen molar-refractivity contribution in [2.75, 3.05) is 10.6 Å². The van der Waals surface area contributed by atoms with E-state index >= 15 is 0 Å². The van der Waals surface area contributed by atoms with E-state index in [2.05, 4.69) is 31.4 Å². The number of thiophene rings is 1. The summed E-state index contributed by atoms with van der Waals surface area (Å²) < 4.78 is 0. The van der Waals surface area contributed by atoms with Crippen molar-refractivity contribution in [3.63, 3.8) is 0 Å². The molecule has 0 aliphatic heterocycles. The Morgan fingerprint density at radius 1 is 0.842 bits per heavy atom. The Hall–Kier alpha value is -4.23. The van der Waals surface area contributed by atoms with Gasteiger partial charge in [0.2, 0.25) is 0 Å². The number of aliphatic carboxylic acids is 1. The number of aryl methyl sites for hydroxylation is 1. The second-order valence-corrected chi connectivity index (χ2v) is 11.0. The number of carboxylic acids is 1. The van der Waals surface area contributed by atoms with Gasteiger partial charge in [-0.15, -0.1) is 11.3 Å². The highest BCUT2D eigenvalue weighted by Crippen LogP contribution is 2.29. The normalized spacial score (nSPS) is 11.1. The summed E-state index contributed by atoms with van der Waals surface area (Å²) in [6.07, 6.45) is 0.377. The van der Waals surface area contributed by atoms with E-state index in [0.717, 1.165) is 21.6 Å². The number of amides is 2. The molecule has 0 radical (unpaired) electrons. The van der Waals surface area contributed by atoms with Gasteiger partial charge < -0.3 is 15.7 Å². The SMILES string of the molecule is CC(C)(C)c1ccc(C(=O)Nc2cccc(CCC(=O)O)c2)c(NC(=O)c2ccc(-c3cccs3)cc2)c1. The van der Waals surface area contributed by atoms with E-state index < -0.39 is 5.97 Å². The third-order valence-electron chi connectivity index (χ3n) is 6.14. The van der Waals surface area contributed by atoms with E-state index in [0.29, 0.717) is 28.9 Å². The number of hydrogen-bond donors (Lipinski definition) is 3. The quantitative estimate of drug-likeness (QED) is 0.226. The molecule has 4 aromatic rings. The lowest BCUT2D eigenvalue weighted by Gasteiger charge is -2.21. The zero-order chi connectivity index (χ0) is 27.3. The van der Waals surface area contributed by atoms with Crippen LogP contribution in [0.5, 0.6) is 0 Å². The minimum atomic E-state index is -0.875. The first-order valence-electron chi connectivity index (χ1n) is 12.3. The minimum absolute atomic E-state index is 0.0101. The summed E-state index contributed by atoms with van der Waals surface area (Å²) in [4.78, 5) is 38.5. The third kappa shape index (κ3) is 6.75. The van der Waals surface area contributed by atoms with E-state index in [1.165, 1.54) is 0 Å². The summed E-state index contributed by atoms with van der Waals surface area (Å²) in [6.45, 7) is 6.21. The molecule has 6 nitrogen and oxygen atoms in total. The molecule has 1 heterocycles. The van der Waals surface area contributed by atoms with Gasteiger partial charge in [0, 0.05) is 22.5 Å². The number of carbonyl (C=O) groups excluding carboxylic acids is 2. The summed E-state index contributed by atoms with van der Waals surface area (Å²) in [7, 11) is 0. The van der Waals surface area contributed by atoms with Crippen LogP contribution in [0.3, 0.4) is 0 Å². The van der Waals surface area contributed by atoms with E-state index in [1.54, 1.807) is 47.7 Å². The van der Waals surface area contributed by atoms with E-state index in [4.69, 9.17) is 5.11 Å². The molecule has 0 atom stereocenters. The molecule has 0 spiro atoms. The van der Waals surface area contributed by atoms with Crippen LogP contribution in [0.25, 0.3) is 10.4 Å². The molecule has 3 aromatic carbocycles. The Morgan fingerprint density at radius 3 is 2.26 bits per heavy atom. The molecule has 1 aromatic heterocycles. The maximum Gasteiger partial charge on any atom is 0.303 e. The Bertz CT molecular complexity index is 1450. The van der Waals surface area contributed by atoms with Gasteiger partial charge in [-0.25, -0.2) is 0 Å². The molecule has 7 heteroatoms. The van der Waals surface area contributed by atoms with E-state index in [-0.39, 0.29) is 23.7 Å². The van der Waals surface area contributed by atoms with E-state index in [1.807, 2.05) is 47.8 Å². The van der Waals surface area contributed by atoms with Crippen LogP contribution in [0.1, 0.15) is 59.0 Å². The smallest absolute Gasteiger partial charge is 0.303 e. The van der Waals surface area contributed by atoms with Gasteiger partial charge in [0.1, 0.15) is 0 Å². The minimum Gasteiger partial charge on any atom is -0.481 e. The summed E-state index contributed by atoms with van der Waals surface area (Å²) in [6, 6.07) is 24.0. The molecule has 2 amide bonds. The molecule has 194 valence electrons. The Labute approximate surface area is 226 Å². The molecule has 0 saturated carbocycles. The molecular formula is C31H30N2O4S. The van der Waals surface area contributed by atoms with Crippen LogP contribution in [-0.4, -0.2) is 22.9 Å². The summed E-state index contributed by atoms with van der Waals surface area (Å²) in [5, 5.41) is 16.8. The standard InChI is InChI=1S/C31H30N2O4S/c1-31(2,3)23-14-15-25(30(37)32-24-7-4-6-20(18-24)9-16-28(34)35)26(19-23)33-29(36)22-12-10-21(11-13-22)27-8-5-17-38-27/h4-8,10-15,17-19H,9,16H2,1-3H3,(H,32,37)(H,33,36)(H,34,35). The molecule has 38 heavy (non-hydrogen) atoms. The molecule has 0 saturated heterocycles. The highest BCUT2D eigenvalue weighted by Gasteiger charge is 2.20. The monoisotopic (exact) mass is 526 g/mol. The molecule has 0 aliphatic rings. The van der Waals surface area contributed by atoms with Gasteiger partial charge in [-0.05, 0) is 76.4 Å². The predicted molar refractivity (Wildman–Crippen MR) is 153 cm³/mol. The number of anilines is 2. The molecule has 0 fully saturated rings. The lowest BCUT2D eigenvalue weighted by atomic mass is 9.86. The fourth-order valence-corrected chi connectivity index (χ4v) is 4.72. The highest BCUT2D eigenvalue weighted by atomic mass is 32.1. The van der Waals surface area contributed by atoms with Crippen LogP contribution in [0.15, 0.2) is 84.2 Å². The van der Waals surface area contributed by atoms with Gasteiger partial charge in [0.05, 0.1) is 11.3 Å². The van der Waals surface area contributed by atoms with Crippen molar-refractivity contribution >= 4 is 40.5 Å². The maximum absolute atomic E-state index is 13.3. The van der Waals surface area contributed by atoms with Crippen LogP contribution in [-0.2, 0) is 16.6 Å². The number of carbonyl (C=O) groups is 3. The first kappa shape index (κ1) is 26.8. The first-order chi connectivity index (χ1) is 18.1. The predicted octanol–water partition coefficient (Wildman–Crippen LogP) is 7.23. The Morgan fingerprint density at radius 2 is 1.61 bits per heavy atom. The Kier molecular flexibility index (Phi) is 8.08. The average Bonchev–Trinajstić information content (AvgIpc) is 3.42. The van der Waals surface area contributed by atoms with Crippen molar-refractivity contribution < 1.29 is 19.5 Å². The fourth-order valence-electron chi connectivity index (χ4n) is 3.99. The lowest BCUT2D eigenvalue weighted by molar-refractivity contribution is -0.136. The average molecular weight is 527 g/mol. The van der Waals surface area contributed by atoms with Gasteiger partial charge in [-0.3, -0.25) is 14.4 Å². The molecule has 4 rings (SSSR count). The number of nitrogens with one attached hydrogen (secondary N) is 2. The second kappa shape index (κ2) is 11.4.